The molecular formula is C8H15N3. The van der Waals surface area contributed by atoms with E-state index >= 15 is 0 Å². The number of rotatable bonds is 2. The third-order valence-electron chi connectivity index (χ3n) is 2.15. The molecule has 0 bridgehead atoms. The van der Waals surface area contributed by atoms with Gasteiger partial charge in [-0.05, 0) is 25.2 Å². The number of hydrogen-bond donors (Lipinski definition) is 2. The SMILES string of the molecule is C1CN=C(NCC2CC2)NC1. The molecule has 11 heavy (non-hydrogen) atoms. The first-order valence-corrected chi connectivity index (χ1v) is 4.47. The van der Waals surface area contributed by atoms with E-state index in [-0.39, 0.29) is 0 Å². The monoisotopic (exact) mass is 153 g/mol. The van der Waals surface area contributed by atoms with Crippen molar-refractivity contribution in [2.75, 3.05) is 19.6 Å². The van der Waals surface area contributed by atoms with Crippen LogP contribution >= 0.6 is 0 Å². The summed E-state index contributed by atoms with van der Waals surface area (Å²) in [5.74, 6) is 1.95. The average Bonchev–Trinajstić information content (AvgIpc) is 2.86. The van der Waals surface area contributed by atoms with E-state index in [9.17, 15) is 0 Å². The lowest BCUT2D eigenvalue weighted by Gasteiger charge is -2.15. The molecule has 1 saturated carbocycles. The number of hydrogen-bond acceptors (Lipinski definition) is 3. The molecule has 1 aliphatic heterocycles. The summed E-state index contributed by atoms with van der Waals surface area (Å²) >= 11 is 0. The van der Waals surface area contributed by atoms with Gasteiger partial charge in [0.1, 0.15) is 0 Å². The largest absolute Gasteiger partial charge is 0.356 e. The molecule has 2 rings (SSSR count). The molecule has 0 saturated heterocycles. The van der Waals surface area contributed by atoms with Gasteiger partial charge in [0.2, 0.25) is 0 Å². The highest BCUT2D eigenvalue weighted by molar-refractivity contribution is 5.80. The number of guanidine groups is 1. The molecule has 3 heteroatoms. The van der Waals surface area contributed by atoms with Crippen molar-refractivity contribution in [3.05, 3.63) is 0 Å². The predicted octanol–water partition coefficient (Wildman–Crippen LogP) is 0.335. The fourth-order valence-corrected chi connectivity index (χ4v) is 1.21. The highest BCUT2D eigenvalue weighted by atomic mass is 15.2. The molecule has 0 aromatic rings. The molecule has 1 fully saturated rings. The second kappa shape index (κ2) is 3.11. The van der Waals surface area contributed by atoms with E-state index < -0.39 is 0 Å². The van der Waals surface area contributed by atoms with Gasteiger partial charge in [-0.3, -0.25) is 4.99 Å². The Kier molecular flexibility index (Phi) is 1.97. The average molecular weight is 153 g/mol. The molecule has 0 unspecified atom stereocenters. The van der Waals surface area contributed by atoms with Crippen molar-refractivity contribution in [3.63, 3.8) is 0 Å². The van der Waals surface area contributed by atoms with Crippen LogP contribution < -0.4 is 10.6 Å². The van der Waals surface area contributed by atoms with Gasteiger partial charge in [-0.1, -0.05) is 0 Å². The number of nitrogens with one attached hydrogen (secondary N) is 2. The Balaban J connectivity index is 1.70. The summed E-state index contributed by atoms with van der Waals surface area (Å²) in [6.07, 6.45) is 3.98. The van der Waals surface area contributed by atoms with Crippen molar-refractivity contribution in [3.8, 4) is 0 Å². The van der Waals surface area contributed by atoms with Gasteiger partial charge in [0, 0.05) is 19.6 Å². The van der Waals surface area contributed by atoms with Crippen molar-refractivity contribution >= 4 is 5.96 Å². The van der Waals surface area contributed by atoms with Crippen molar-refractivity contribution in [2.45, 2.75) is 19.3 Å². The zero-order valence-corrected chi connectivity index (χ0v) is 6.77. The molecule has 1 aliphatic carbocycles. The molecule has 0 aromatic carbocycles. The van der Waals surface area contributed by atoms with Crippen molar-refractivity contribution in [1.82, 2.24) is 10.6 Å². The maximum absolute atomic E-state index is 4.32. The highest BCUT2D eigenvalue weighted by Crippen LogP contribution is 2.27. The summed E-state index contributed by atoms with van der Waals surface area (Å²) in [6.45, 7) is 3.18. The molecular weight excluding hydrogens is 138 g/mol. The van der Waals surface area contributed by atoms with Gasteiger partial charge < -0.3 is 10.6 Å². The number of aliphatic imine (C=N–C) groups is 1. The van der Waals surface area contributed by atoms with E-state index in [0.29, 0.717) is 0 Å². The van der Waals surface area contributed by atoms with Crippen molar-refractivity contribution < 1.29 is 0 Å². The molecule has 62 valence electrons. The van der Waals surface area contributed by atoms with Crippen LogP contribution in [0.15, 0.2) is 4.99 Å². The predicted molar refractivity (Wildman–Crippen MR) is 45.6 cm³/mol. The minimum absolute atomic E-state index is 0.932. The van der Waals surface area contributed by atoms with Crippen LogP contribution in [-0.2, 0) is 0 Å². The number of nitrogens with zero attached hydrogens (tertiary/aromatic N) is 1. The first-order valence-electron chi connectivity index (χ1n) is 4.47. The normalized spacial score (nSPS) is 23.8. The lowest BCUT2D eigenvalue weighted by Crippen LogP contribution is -2.41. The minimum Gasteiger partial charge on any atom is -0.356 e. The van der Waals surface area contributed by atoms with E-state index in [1.165, 1.54) is 19.3 Å². The van der Waals surface area contributed by atoms with Crippen LogP contribution in [0.4, 0.5) is 0 Å². The van der Waals surface area contributed by atoms with Crippen LogP contribution in [0.1, 0.15) is 19.3 Å². The van der Waals surface area contributed by atoms with Crippen molar-refractivity contribution in [2.24, 2.45) is 10.9 Å². The summed E-state index contributed by atoms with van der Waals surface area (Å²) in [5, 5.41) is 6.56. The van der Waals surface area contributed by atoms with Gasteiger partial charge in [0.15, 0.2) is 5.96 Å². The second-order valence-corrected chi connectivity index (χ2v) is 3.33. The Bertz CT molecular complexity index is 161. The molecule has 0 aromatic heterocycles. The van der Waals surface area contributed by atoms with Gasteiger partial charge in [-0.15, -0.1) is 0 Å². The Labute approximate surface area is 67.3 Å². The van der Waals surface area contributed by atoms with Crippen LogP contribution in [0, 0.1) is 5.92 Å². The van der Waals surface area contributed by atoms with Gasteiger partial charge in [-0.2, -0.15) is 0 Å². The van der Waals surface area contributed by atoms with E-state index in [1.54, 1.807) is 0 Å². The molecule has 1 heterocycles. The van der Waals surface area contributed by atoms with Crippen LogP contribution in [0.5, 0.6) is 0 Å². The van der Waals surface area contributed by atoms with Crippen LogP contribution in [0.25, 0.3) is 0 Å². The second-order valence-electron chi connectivity index (χ2n) is 3.33. The first kappa shape index (κ1) is 6.95. The molecule has 0 radical (unpaired) electrons. The third-order valence-corrected chi connectivity index (χ3v) is 2.15. The Morgan fingerprint density at radius 1 is 1.55 bits per heavy atom. The van der Waals surface area contributed by atoms with Crippen LogP contribution in [-0.4, -0.2) is 25.6 Å². The maximum atomic E-state index is 4.32. The van der Waals surface area contributed by atoms with Crippen LogP contribution in [0.3, 0.4) is 0 Å². The smallest absolute Gasteiger partial charge is 0.191 e. The lowest BCUT2D eigenvalue weighted by molar-refractivity contribution is 0.682. The summed E-state index contributed by atoms with van der Waals surface area (Å²) in [6, 6.07) is 0. The van der Waals surface area contributed by atoms with Gasteiger partial charge in [0.25, 0.3) is 0 Å². The first-order chi connectivity index (χ1) is 5.45. The third kappa shape index (κ3) is 2.10. The quantitative estimate of drug-likeness (QED) is 0.600. The maximum Gasteiger partial charge on any atom is 0.191 e. The Hall–Kier alpha value is -0.730. The summed E-state index contributed by atoms with van der Waals surface area (Å²) in [4.78, 5) is 4.32. The molecule has 2 aliphatic rings. The molecule has 2 N–H and O–H groups in total. The molecule has 3 nitrogen and oxygen atoms in total. The zero-order valence-electron chi connectivity index (χ0n) is 6.77. The molecule has 0 amide bonds. The van der Waals surface area contributed by atoms with E-state index in [4.69, 9.17) is 0 Å². The van der Waals surface area contributed by atoms with E-state index in [1.807, 2.05) is 0 Å². The van der Waals surface area contributed by atoms with Gasteiger partial charge >= 0.3 is 0 Å². The highest BCUT2D eigenvalue weighted by Gasteiger charge is 2.21. The minimum atomic E-state index is 0.932. The summed E-state index contributed by atoms with van der Waals surface area (Å²) in [5.41, 5.74) is 0. The fourth-order valence-electron chi connectivity index (χ4n) is 1.21. The van der Waals surface area contributed by atoms with Crippen molar-refractivity contribution in [1.29, 1.82) is 0 Å². The van der Waals surface area contributed by atoms with Gasteiger partial charge in [-0.25, -0.2) is 0 Å². The molecule has 0 atom stereocenters. The van der Waals surface area contributed by atoms with Gasteiger partial charge in [0.05, 0.1) is 0 Å². The Morgan fingerprint density at radius 3 is 3.09 bits per heavy atom. The van der Waals surface area contributed by atoms with Crippen LogP contribution in [0.2, 0.25) is 0 Å². The summed E-state index contributed by atoms with van der Waals surface area (Å²) in [7, 11) is 0. The summed E-state index contributed by atoms with van der Waals surface area (Å²) < 4.78 is 0. The van der Waals surface area contributed by atoms with E-state index in [2.05, 4.69) is 15.6 Å². The Morgan fingerprint density at radius 2 is 2.45 bits per heavy atom. The standard InChI is InChI=1S/C8H15N3/c1-4-9-8(10-5-1)11-6-7-2-3-7/h7H,1-6H2,(H2,9,10,11). The lowest BCUT2D eigenvalue weighted by atomic mass is 10.4. The zero-order chi connectivity index (χ0) is 7.52. The molecule has 0 spiro atoms. The van der Waals surface area contributed by atoms with E-state index in [0.717, 1.165) is 31.5 Å². The fraction of sp³-hybridized carbons (Fsp3) is 0.875. The topological polar surface area (TPSA) is 36.4 Å².